The maximum absolute atomic E-state index is 12.8. The number of benzene rings is 1. The van der Waals surface area contributed by atoms with E-state index in [4.69, 9.17) is 4.98 Å². The lowest BCUT2D eigenvalue weighted by Crippen LogP contribution is -3.12. The largest absolute Gasteiger partial charge is 0.309 e. The fourth-order valence-corrected chi connectivity index (χ4v) is 6.19. The lowest BCUT2D eigenvalue weighted by atomic mass is 9.81. The van der Waals surface area contributed by atoms with E-state index >= 15 is 0 Å². The first-order chi connectivity index (χ1) is 12.7. The molecule has 2 aromatic rings. The van der Waals surface area contributed by atoms with Gasteiger partial charge in [-0.15, -0.1) is 11.3 Å². The van der Waals surface area contributed by atoms with Crippen molar-refractivity contribution in [1.82, 2.24) is 9.88 Å². The first-order valence-electron chi connectivity index (χ1n) is 9.77. The lowest BCUT2D eigenvalue weighted by molar-refractivity contribution is -0.925. The molecule has 26 heavy (non-hydrogen) atoms. The molecule has 1 N–H and O–H groups in total. The van der Waals surface area contributed by atoms with E-state index in [0.29, 0.717) is 12.7 Å². The number of imide groups is 1. The first kappa shape index (κ1) is 16.4. The number of hydrogen-bond donors (Lipinski definition) is 1. The minimum absolute atomic E-state index is 0.0425. The van der Waals surface area contributed by atoms with Gasteiger partial charge in [0.05, 0.1) is 28.6 Å². The predicted octanol–water partition coefficient (Wildman–Crippen LogP) is 2.15. The number of quaternary nitrogens is 1. The Morgan fingerprint density at radius 2 is 1.77 bits per heavy atom. The van der Waals surface area contributed by atoms with Crippen LogP contribution in [-0.4, -0.2) is 34.9 Å². The number of nitrogens with one attached hydrogen (secondary N) is 1. The number of thiazole rings is 1. The van der Waals surface area contributed by atoms with Gasteiger partial charge < -0.3 is 4.90 Å². The molecular weight excluding hydrogens is 346 g/mol. The number of carbonyl (C=O) groups excluding carboxylic acids is 2. The highest BCUT2D eigenvalue weighted by Gasteiger charge is 2.50. The zero-order chi connectivity index (χ0) is 17.7. The van der Waals surface area contributed by atoms with Crippen LogP contribution in [0.3, 0.4) is 0 Å². The fourth-order valence-electron chi connectivity index (χ4n) is 5.03. The summed E-state index contributed by atoms with van der Waals surface area (Å²) in [7, 11) is 0. The molecule has 1 aromatic heterocycles. The van der Waals surface area contributed by atoms with E-state index in [1.807, 2.05) is 12.1 Å². The van der Waals surface area contributed by atoms with Gasteiger partial charge in [0.15, 0.2) is 11.7 Å². The third kappa shape index (κ3) is 2.58. The molecule has 1 saturated carbocycles. The van der Waals surface area contributed by atoms with Gasteiger partial charge in [-0.1, -0.05) is 25.0 Å². The molecule has 2 saturated heterocycles. The minimum Gasteiger partial charge on any atom is -0.309 e. The molecule has 4 atom stereocenters. The van der Waals surface area contributed by atoms with Crippen molar-refractivity contribution in [2.45, 2.75) is 44.6 Å². The Bertz CT molecular complexity index is 807. The summed E-state index contributed by atoms with van der Waals surface area (Å²) in [6.07, 6.45) is 6.15. The molecule has 3 aliphatic rings. The Morgan fingerprint density at radius 3 is 2.50 bits per heavy atom. The van der Waals surface area contributed by atoms with E-state index in [1.54, 1.807) is 16.2 Å². The Morgan fingerprint density at radius 1 is 1.04 bits per heavy atom. The summed E-state index contributed by atoms with van der Waals surface area (Å²) in [6, 6.07) is 8.54. The molecule has 5 nitrogen and oxygen atoms in total. The van der Waals surface area contributed by atoms with Crippen molar-refractivity contribution >= 4 is 33.4 Å². The number of carbonyl (C=O) groups is 2. The second-order valence-corrected chi connectivity index (χ2v) is 8.95. The zero-order valence-electron chi connectivity index (χ0n) is 14.8. The van der Waals surface area contributed by atoms with E-state index in [2.05, 4.69) is 12.1 Å². The smallest absolute Gasteiger partial charge is 0.237 e. The number of fused-ring (bicyclic) bond motifs is 2. The second kappa shape index (κ2) is 6.43. The highest BCUT2D eigenvalue weighted by molar-refractivity contribution is 7.18. The molecule has 0 bridgehead atoms. The first-order valence-corrected chi connectivity index (χ1v) is 10.6. The molecule has 5 rings (SSSR count). The summed E-state index contributed by atoms with van der Waals surface area (Å²) in [4.78, 5) is 33.3. The van der Waals surface area contributed by atoms with Crippen LogP contribution < -0.4 is 4.90 Å². The zero-order valence-corrected chi connectivity index (χ0v) is 15.6. The molecule has 6 heteroatoms. The standard InChI is InChI=1S/C20H23N3O2S/c24-19-13-6-1-2-7-14(13)20(25)23(19)12-22-11-5-9-16(22)18-21-15-8-3-4-10-17(15)26-18/h3-4,8,10,13-14,16H,1-2,5-7,9,11-12H2/p+1/t13-,14+,16-/m0/s1. The monoisotopic (exact) mass is 370 g/mol. The molecule has 1 aliphatic carbocycles. The van der Waals surface area contributed by atoms with Crippen molar-refractivity contribution in [3.63, 3.8) is 0 Å². The van der Waals surface area contributed by atoms with Crippen LogP contribution >= 0.6 is 11.3 Å². The summed E-state index contributed by atoms with van der Waals surface area (Å²) < 4.78 is 1.22. The number of amides is 2. The highest BCUT2D eigenvalue weighted by atomic mass is 32.1. The summed E-state index contributed by atoms with van der Waals surface area (Å²) in [5, 5.41) is 1.15. The topological polar surface area (TPSA) is 54.7 Å². The van der Waals surface area contributed by atoms with Crippen molar-refractivity contribution < 1.29 is 14.5 Å². The molecule has 0 spiro atoms. The fraction of sp³-hybridized carbons (Fsp3) is 0.550. The minimum atomic E-state index is -0.0425. The Hall–Kier alpha value is -1.79. The average molecular weight is 370 g/mol. The number of para-hydroxylation sites is 1. The molecule has 3 heterocycles. The number of hydrogen-bond acceptors (Lipinski definition) is 4. The molecule has 1 aromatic carbocycles. The summed E-state index contributed by atoms with van der Waals surface area (Å²) in [5.74, 6) is 0.0857. The summed E-state index contributed by atoms with van der Waals surface area (Å²) in [5.41, 5.74) is 1.05. The molecule has 2 aliphatic heterocycles. The van der Waals surface area contributed by atoms with Gasteiger partial charge >= 0.3 is 0 Å². The molecule has 1 unspecified atom stereocenters. The summed E-state index contributed by atoms with van der Waals surface area (Å²) >= 11 is 1.76. The van der Waals surface area contributed by atoms with E-state index in [1.165, 1.54) is 9.60 Å². The van der Waals surface area contributed by atoms with Crippen molar-refractivity contribution in [3.8, 4) is 0 Å². The van der Waals surface area contributed by atoms with Crippen LogP contribution in [0.1, 0.15) is 49.6 Å². The Kier molecular flexibility index (Phi) is 4.05. The van der Waals surface area contributed by atoms with Crippen LogP contribution in [0.2, 0.25) is 0 Å². The van der Waals surface area contributed by atoms with E-state index in [-0.39, 0.29) is 23.7 Å². The van der Waals surface area contributed by atoms with Crippen molar-refractivity contribution in [2.75, 3.05) is 13.2 Å². The number of aromatic nitrogens is 1. The number of nitrogens with zero attached hydrogens (tertiary/aromatic N) is 2. The quantitative estimate of drug-likeness (QED) is 0.843. The van der Waals surface area contributed by atoms with Crippen molar-refractivity contribution in [1.29, 1.82) is 0 Å². The second-order valence-electron chi connectivity index (χ2n) is 7.88. The van der Waals surface area contributed by atoms with Gasteiger partial charge in [-0.3, -0.25) is 9.59 Å². The van der Waals surface area contributed by atoms with Gasteiger partial charge in [0.2, 0.25) is 11.8 Å². The molecule has 2 amide bonds. The molecule has 136 valence electrons. The third-order valence-corrected chi connectivity index (χ3v) is 7.54. The van der Waals surface area contributed by atoms with Gasteiger partial charge in [-0.2, -0.15) is 0 Å². The van der Waals surface area contributed by atoms with Gasteiger partial charge in [0.1, 0.15) is 6.04 Å². The number of likely N-dealkylation sites (tertiary alicyclic amines) is 2. The van der Waals surface area contributed by atoms with E-state index in [9.17, 15) is 9.59 Å². The van der Waals surface area contributed by atoms with Crippen LogP contribution in [0.4, 0.5) is 0 Å². The maximum Gasteiger partial charge on any atom is 0.237 e. The Labute approximate surface area is 157 Å². The van der Waals surface area contributed by atoms with Crippen molar-refractivity contribution in [2.24, 2.45) is 11.8 Å². The third-order valence-electron chi connectivity index (χ3n) is 6.39. The molecular formula is C20H24N3O2S+. The maximum atomic E-state index is 12.8. The van der Waals surface area contributed by atoms with Crippen LogP contribution in [0.15, 0.2) is 24.3 Å². The van der Waals surface area contributed by atoms with Crippen LogP contribution in [0.5, 0.6) is 0 Å². The van der Waals surface area contributed by atoms with E-state index in [0.717, 1.165) is 55.6 Å². The predicted molar refractivity (Wildman–Crippen MR) is 99.6 cm³/mol. The van der Waals surface area contributed by atoms with Crippen molar-refractivity contribution in [3.05, 3.63) is 29.3 Å². The summed E-state index contributed by atoms with van der Waals surface area (Å²) in [6.45, 7) is 1.53. The van der Waals surface area contributed by atoms with E-state index < -0.39 is 0 Å². The average Bonchev–Trinajstić information content (AvgIpc) is 3.35. The molecule has 0 radical (unpaired) electrons. The SMILES string of the molecule is O=C1[C@H]2CCCC[C@H]2C(=O)N1C[NH+]1CCC[C@H]1c1nc2ccccc2s1. The van der Waals surface area contributed by atoms with Gasteiger partial charge in [0.25, 0.3) is 0 Å². The number of rotatable bonds is 3. The van der Waals surface area contributed by atoms with Crippen LogP contribution in [0.25, 0.3) is 10.2 Å². The normalized spacial score (nSPS) is 31.8. The molecule has 3 fully saturated rings. The van der Waals surface area contributed by atoms with Gasteiger partial charge in [0, 0.05) is 12.8 Å². The van der Waals surface area contributed by atoms with Crippen LogP contribution in [0, 0.1) is 11.8 Å². The van der Waals surface area contributed by atoms with Crippen LogP contribution in [-0.2, 0) is 9.59 Å². The lowest BCUT2D eigenvalue weighted by Gasteiger charge is -2.24. The van der Waals surface area contributed by atoms with Gasteiger partial charge in [-0.25, -0.2) is 9.88 Å². The Balaban J connectivity index is 1.37. The highest BCUT2D eigenvalue weighted by Crippen LogP contribution is 2.37. The van der Waals surface area contributed by atoms with Gasteiger partial charge in [-0.05, 0) is 25.0 Å².